The van der Waals surface area contributed by atoms with Gasteiger partial charge < -0.3 is 9.88 Å². The van der Waals surface area contributed by atoms with Crippen molar-refractivity contribution >= 4 is 33.8 Å². The van der Waals surface area contributed by atoms with Gasteiger partial charge in [-0.25, -0.2) is 9.97 Å². The summed E-state index contributed by atoms with van der Waals surface area (Å²) in [5.41, 5.74) is 9.86. The van der Waals surface area contributed by atoms with Crippen LogP contribution in [0.5, 0.6) is 0 Å². The van der Waals surface area contributed by atoms with E-state index in [0.29, 0.717) is 0 Å². The van der Waals surface area contributed by atoms with Crippen LogP contribution in [0.3, 0.4) is 0 Å². The van der Waals surface area contributed by atoms with Gasteiger partial charge in [0.05, 0.1) is 27.8 Å². The lowest BCUT2D eigenvalue weighted by atomic mass is 10.1. The van der Waals surface area contributed by atoms with Gasteiger partial charge in [0.1, 0.15) is 5.82 Å². The molecule has 0 saturated heterocycles. The van der Waals surface area contributed by atoms with Crippen LogP contribution in [0.1, 0.15) is 28.2 Å². The fourth-order valence-electron chi connectivity index (χ4n) is 4.15. The fourth-order valence-corrected chi connectivity index (χ4v) is 4.15. The summed E-state index contributed by atoms with van der Waals surface area (Å²) in [7, 11) is 2.10. The van der Waals surface area contributed by atoms with Gasteiger partial charge in [-0.1, -0.05) is 36.4 Å². The van der Waals surface area contributed by atoms with E-state index in [-0.39, 0.29) is 0 Å². The molecule has 1 aliphatic rings. The molecule has 0 atom stereocenters. The standard InChI is InChI=1S/C25H25N5/c1-16-8-9-17(2)24-23(16)27-15-18(28-24)10-13-22-29-21-12-11-20-19(25(21)30(22)3)7-5-4-6-14-26-20/h4-9,11-12,15,26H,10,13-14H2,1-3H3/b6-4+,7-5-. The second kappa shape index (κ2) is 7.41. The predicted molar refractivity (Wildman–Crippen MR) is 124 cm³/mol. The van der Waals surface area contributed by atoms with E-state index in [1.807, 2.05) is 6.20 Å². The lowest BCUT2D eigenvalue weighted by Gasteiger charge is -2.12. The highest BCUT2D eigenvalue weighted by Gasteiger charge is 2.15. The van der Waals surface area contributed by atoms with Crippen LogP contribution in [0.4, 0.5) is 5.69 Å². The van der Waals surface area contributed by atoms with Crippen LogP contribution in [0.25, 0.3) is 28.1 Å². The van der Waals surface area contributed by atoms with Crippen molar-refractivity contribution < 1.29 is 0 Å². The maximum absolute atomic E-state index is 4.92. The SMILES string of the molecule is Cc1ccc(C)c2nc(CCc3nc4ccc5c(c4n3C)/C=C\C=C\CN5)cnc12. The average molecular weight is 396 g/mol. The number of rotatable bonds is 3. The first-order valence-corrected chi connectivity index (χ1v) is 10.4. The Kier molecular flexibility index (Phi) is 4.58. The van der Waals surface area contributed by atoms with E-state index in [4.69, 9.17) is 9.97 Å². The van der Waals surface area contributed by atoms with E-state index in [2.05, 4.69) is 84.3 Å². The van der Waals surface area contributed by atoms with Crippen molar-refractivity contribution in [1.82, 2.24) is 19.5 Å². The third-order valence-corrected chi connectivity index (χ3v) is 5.85. The number of anilines is 1. The molecule has 0 aliphatic carbocycles. The zero-order valence-electron chi connectivity index (χ0n) is 17.6. The molecule has 0 fully saturated rings. The van der Waals surface area contributed by atoms with Crippen LogP contribution in [0, 0.1) is 13.8 Å². The third kappa shape index (κ3) is 3.16. The van der Waals surface area contributed by atoms with E-state index in [1.165, 1.54) is 11.1 Å². The van der Waals surface area contributed by atoms with Crippen molar-refractivity contribution in [2.75, 3.05) is 11.9 Å². The minimum Gasteiger partial charge on any atom is -0.381 e. The van der Waals surface area contributed by atoms with E-state index < -0.39 is 0 Å². The first-order valence-electron chi connectivity index (χ1n) is 10.4. The maximum atomic E-state index is 4.92. The molecule has 0 bridgehead atoms. The van der Waals surface area contributed by atoms with Crippen LogP contribution in [0.15, 0.2) is 48.7 Å². The monoisotopic (exact) mass is 395 g/mol. The van der Waals surface area contributed by atoms with E-state index in [9.17, 15) is 0 Å². The molecule has 5 heteroatoms. The molecule has 2 aromatic carbocycles. The van der Waals surface area contributed by atoms with Crippen LogP contribution in [-0.4, -0.2) is 26.1 Å². The normalized spacial score (nSPS) is 15.4. The maximum Gasteiger partial charge on any atom is 0.110 e. The number of nitrogens with zero attached hydrogens (tertiary/aromatic N) is 4. The molecule has 0 unspecified atom stereocenters. The van der Waals surface area contributed by atoms with Crippen LogP contribution in [0.2, 0.25) is 0 Å². The molecule has 2 aromatic heterocycles. The topological polar surface area (TPSA) is 55.6 Å². The van der Waals surface area contributed by atoms with Gasteiger partial charge in [-0.3, -0.25) is 4.98 Å². The van der Waals surface area contributed by atoms with Crippen LogP contribution < -0.4 is 5.32 Å². The van der Waals surface area contributed by atoms with Gasteiger partial charge in [0.15, 0.2) is 0 Å². The number of hydrogen-bond acceptors (Lipinski definition) is 4. The molecule has 0 amide bonds. The molecule has 5 rings (SSSR count). The Bertz CT molecular complexity index is 1330. The Balaban J connectivity index is 1.49. The minimum atomic E-state index is 0.812. The van der Waals surface area contributed by atoms with Crippen molar-refractivity contribution in [1.29, 1.82) is 0 Å². The Labute approximate surface area is 176 Å². The summed E-state index contributed by atoms with van der Waals surface area (Å²) in [5, 5.41) is 3.48. The van der Waals surface area contributed by atoms with Gasteiger partial charge in [-0.2, -0.15) is 0 Å². The molecular weight excluding hydrogens is 370 g/mol. The molecule has 5 nitrogen and oxygen atoms in total. The third-order valence-electron chi connectivity index (χ3n) is 5.85. The second-order valence-electron chi connectivity index (χ2n) is 7.91. The van der Waals surface area contributed by atoms with Gasteiger partial charge in [-0.15, -0.1) is 0 Å². The Hall–Kier alpha value is -3.47. The Morgan fingerprint density at radius 2 is 1.80 bits per heavy atom. The molecule has 0 spiro atoms. The molecular formula is C25H25N5. The zero-order valence-corrected chi connectivity index (χ0v) is 17.6. The molecule has 0 radical (unpaired) electrons. The fraction of sp³-hybridized carbons (Fsp3) is 0.240. The van der Waals surface area contributed by atoms with Gasteiger partial charge in [0.2, 0.25) is 0 Å². The second-order valence-corrected chi connectivity index (χ2v) is 7.91. The van der Waals surface area contributed by atoms with Crippen molar-refractivity contribution in [3.8, 4) is 0 Å². The summed E-state index contributed by atoms with van der Waals surface area (Å²) in [6.45, 7) is 5.00. The molecule has 150 valence electrons. The number of aryl methyl sites for hydroxylation is 5. The summed E-state index contributed by atoms with van der Waals surface area (Å²) in [6.07, 6.45) is 12.0. The van der Waals surface area contributed by atoms with Crippen molar-refractivity contribution in [2.45, 2.75) is 26.7 Å². The number of imidazole rings is 1. The van der Waals surface area contributed by atoms with Gasteiger partial charge >= 0.3 is 0 Å². The number of aromatic nitrogens is 4. The van der Waals surface area contributed by atoms with E-state index >= 15 is 0 Å². The van der Waals surface area contributed by atoms with Crippen LogP contribution in [-0.2, 0) is 19.9 Å². The lowest BCUT2D eigenvalue weighted by molar-refractivity contribution is 0.775. The zero-order chi connectivity index (χ0) is 20.7. The van der Waals surface area contributed by atoms with Gasteiger partial charge in [-0.05, 0) is 43.5 Å². The Morgan fingerprint density at radius 1 is 0.967 bits per heavy atom. The van der Waals surface area contributed by atoms with Gasteiger partial charge in [0.25, 0.3) is 0 Å². The molecule has 4 aromatic rings. The Morgan fingerprint density at radius 3 is 2.67 bits per heavy atom. The molecule has 1 aliphatic heterocycles. The molecule has 30 heavy (non-hydrogen) atoms. The minimum absolute atomic E-state index is 0.812. The molecule has 1 N–H and O–H groups in total. The first-order chi connectivity index (χ1) is 14.6. The van der Waals surface area contributed by atoms with Crippen molar-refractivity contribution in [3.63, 3.8) is 0 Å². The summed E-state index contributed by atoms with van der Waals surface area (Å²) in [4.78, 5) is 14.5. The lowest BCUT2D eigenvalue weighted by Crippen LogP contribution is -2.05. The van der Waals surface area contributed by atoms with Gasteiger partial charge in [0, 0.05) is 37.5 Å². The highest BCUT2D eigenvalue weighted by molar-refractivity contribution is 5.92. The highest BCUT2D eigenvalue weighted by atomic mass is 15.1. The number of fused-ring (bicyclic) bond motifs is 4. The number of nitrogens with one attached hydrogen (secondary N) is 1. The highest BCUT2D eigenvalue weighted by Crippen LogP contribution is 2.29. The number of benzene rings is 2. The van der Waals surface area contributed by atoms with Crippen LogP contribution >= 0.6 is 0 Å². The van der Waals surface area contributed by atoms with E-state index in [1.54, 1.807) is 0 Å². The quantitative estimate of drug-likeness (QED) is 0.535. The van der Waals surface area contributed by atoms with Crippen molar-refractivity contribution in [3.05, 3.63) is 76.9 Å². The largest absolute Gasteiger partial charge is 0.381 e. The summed E-state index contributed by atoms with van der Waals surface area (Å²) < 4.78 is 2.22. The summed E-state index contributed by atoms with van der Waals surface area (Å²) in [5.74, 6) is 1.06. The number of allylic oxidation sites excluding steroid dienone is 2. The summed E-state index contributed by atoms with van der Waals surface area (Å²) >= 11 is 0. The molecule has 3 heterocycles. The smallest absolute Gasteiger partial charge is 0.110 e. The summed E-state index contributed by atoms with van der Waals surface area (Å²) in [6, 6.07) is 8.45. The van der Waals surface area contributed by atoms with E-state index in [0.717, 1.165) is 64.2 Å². The average Bonchev–Trinajstić information content (AvgIpc) is 3.05. The first kappa shape index (κ1) is 18.6. The number of hydrogen-bond donors (Lipinski definition) is 1. The van der Waals surface area contributed by atoms with Crippen molar-refractivity contribution in [2.24, 2.45) is 7.05 Å². The molecule has 0 saturated carbocycles. The predicted octanol–water partition coefficient (Wildman–Crippen LogP) is 4.91.